The molecule has 0 aliphatic heterocycles. The van der Waals surface area contributed by atoms with Crippen LogP contribution in [0.25, 0.3) is 0 Å². The van der Waals surface area contributed by atoms with E-state index in [9.17, 15) is 28.1 Å². The van der Waals surface area contributed by atoms with E-state index in [1.54, 1.807) is 0 Å². The van der Waals surface area contributed by atoms with Crippen LogP contribution in [0.3, 0.4) is 0 Å². The first-order valence-corrected chi connectivity index (χ1v) is 4.92. The lowest BCUT2D eigenvalue weighted by Gasteiger charge is -2.21. The molecular formula is C10H9F3N2O4. The van der Waals surface area contributed by atoms with Crippen molar-refractivity contribution in [2.45, 2.75) is 6.18 Å². The molecule has 0 aliphatic rings. The third-order valence-corrected chi connectivity index (χ3v) is 2.26. The lowest BCUT2D eigenvalue weighted by atomic mass is 10.1. The van der Waals surface area contributed by atoms with E-state index < -0.39 is 40.6 Å². The van der Waals surface area contributed by atoms with Crippen molar-refractivity contribution >= 4 is 17.3 Å². The second-order valence-corrected chi connectivity index (χ2v) is 3.71. The summed E-state index contributed by atoms with van der Waals surface area (Å²) in [5.74, 6) is -1.58. The fourth-order valence-corrected chi connectivity index (χ4v) is 1.56. The average molecular weight is 278 g/mol. The summed E-state index contributed by atoms with van der Waals surface area (Å²) >= 11 is 0. The van der Waals surface area contributed by atoms with Crippen LogP contribution in [0.2, 0.25) is 0 Å². The van der Waals surface area contributed by atoms with Gasteiger partial charge >= 0.3 is 17.8 Å². The molecule has 0 saturated carbocycles. The highest BCUT2D eigenvalue weighted by Crippen LogP contribution is 2.32. The van der Waals surface area contributed by atoms with E-state index in [0.717, 1.165) is 25.2 Å². The van der Waals surface area contributed by atoms with Crippen LogP contribution in [0.5, 0.6) is 0 Å². The quantitative estimate of drug-likeness (QED) is 0.674. The van der Waals surface area contributed by atoms with E-state index in [0.29, 0.717) is 4.90 Å². The van der Waals surface area contributed by atoms with Gasteiger partial charge in [0.25, 0.3) is 0 Å². The zero-order valence-electron chi connectivity index (χ0n) is 9.64. The molecule has 1 aromatic rings. The van der Waals surface area contributed by atoms with Crippen LogP contribution in [0, 0.1) is 10.1 Å². The standard InChI is InChI=1S/C10H9F3N2O4/c1-14(5-10(11,12)13)7-4-2-3-6(9(16)17)8(7)15(18)19/h2-4H,5H2,1H3,(H,16,17). The second kappa shape index (κ2) is 5.12. The lowest BCUT2D eigenvalue weighted by molar-refractivity contribution is -0.384. The van der Waals surface area contributed by atoms with E-state index in [1.165, 1.54) is 0 Å². The Bertz CT molecular complexity index is 516. The van der Waals surface area contributed by atoms with Crippen molar-refractivity contribution in [3.8, 4) is 0 Å². The topological polar surface area (TPSA) is 83.7 Å². The Morgan fingerprint density at radius 1 is 1.47 bits per heavy atom. The summed E-state index contributed by atoms with van der Waals surface area (Å²) in [4.78, 5) is 21.3. The summed E-state index contributed by atoms with van der Waals surface area (Å²) in [6.07, 6.45) is -4.55. The van der Waals surface area contributed by atoms with Gasteiger partial charge in [0.15, 0.2) is 0 Å². The minimum atomic E-state index is -4.55. The number of halogens is 3. The number of rotatable bonds is 4. The van der Waals surface area contributed by atoms with Crippen LogP contribution in [0.1, 0.15) is 10.4 Å². The molecule has 1 N–H and O–H groups in total. The van der Waals surface area contributed by atoms with Gasteiger partial charge in [0, 0.05) is 7.05 Å². The van der Waals surface area contributed by atoms with Crippen LogP contribution in [0.15, 0.2) is 18.2 Å². The van der Waals surface area contributed by atoms with Crippen LogP contribution < -0.4 is 4.90 Å². The van der Waals surface area contributed by atoms with Crippen molar-refractivity contribution in [2.24, 2.45) is 0 Å². The van der Waals surface area contributed by atoms with Gasteiger partial charge in [-0.15, -0.1) is 0 Å². The van der Waals surface area contributed by atoms with Crippen molar-refractivity contribution in [1.29, 1.82) is 0 Å². The van der Waals surface area contributed by atoms with Gasteiger partial charge in [0.2, 0.25) is 0 Å². The fourth-order valence-electron chi connectivity index (χ4n) is 1.56. The molecule has 19 heavy (non-hydrogen) atoms. The zero-order chi connectivity index (χ0) is 14.8. The predicted molar refractivity (Wildman–Crippen MR) is 59.4 cm³/mol. The minimum absolute atomic E-state index is 0.401. The summed E-state index contributed by atoms with van der Waals surface area (Å²) in [7, 11) is 1.00. The maximum absolute atomic E-state index is 12.3. The van der Waals surface area contributed by atoms with Crippen molar-refractivity contribution < 1.29 is 28.0 Å². The van der Waals surface area contributed by atoms with Gasteiger partial charge in [0.05, 0.1) is 4.92 Å². The second-order valence-electron chi connectivity index (χ2n) is 3.71. The Morgan fingerprint density at radius 3 is 2.47 bits per heavy atom. The highest BCUT2D eigenvalue weighted by Gasteiger charge is 2.33. The molecule has 0 unspecified atom stereocenters. The number of nitro groups is 1. The van der Waals surface area contributed by atoms with Crippen LogP contribution >= 0.6 is 0 Å². The molecule has 104 valence electrons. The van der Waals surface area contributed by atoms with E-state index in [-0.39, 0.29) is 0 Å². The Labute approximate surface area is 105 Å². The molecule has 9 heteroatoms. The molecule has 0 spiro atoms. The minimum Gasteiger partial charge on any atom is -0.477 e. The summed E-state index contributed by atoms with van der Waals surface area (Å²) in [5, 5.41) is 19.7. The largest absolute Gasteiger partial charge is 0.477 e. The first-order valence-electron chi connectivity index (χ1n) is 4.92. The maximum atomic E-state index is 12.3. The van der Waals surface area contributed by atoms with E-state index in [1.807, 2.05) is 0 Å². The van der Waals surface area contributed by atoms with Crippen LogP contribution in [-0.4, -0.2) is 35.8 Å². The third kappa shape index (κ3) is 3.57. The van der Waals surface area contributed by atoms with Gasteiger partial charge in [-0.1, -0.05) is 6.07 Å². The molecule has 0 heterocycles. The van der Waals surface area contributed by atoms with Gasteiger partial charge in [-0.25, -0.2) is 4.79 Å². The number of aromatic carboxylic acids is 1. The molecule has 0 bridgehead atoms. The van der Waals surface area contributed by atoms with Crippen LogP contribution in [0.4, 0.5) is 24.5 Å². The number of nitro benzene ring substituents is 1. The highest BCUT2D eigenvalue weighted by atomic mass is 19.4. The van der Waals surface area contributed by atoms with Gasteiger partial charge in [0.1, 0.15) is 17.8 Å². The van der Waals surface area contributed by atoms with E-state index >= 15 is 0 Å². The summed E-state index contributed by atoms with van der Waals surface area (Å²) in [6, 6.07) is 3.18. The smallest absolute Gasteiger partial charge is 0.405 e. The number of hydrogen-bond donors (Lipinski definition) is 1. The number of carbonyl (C=O) groups is 1. The molecule has 0 aliphatic carbocycles. The van der Waals surface area contributed by atoms with Gasteiger partial charge in [-0.3, -0.25) is 10.1 Å². The van der Waals surface area contributed by atoms with E-state index in [4.69, 9.17) is 5.11 Å². The SMILES string of the molecule is CN(CC(F)(F)F)c1cccc(C(=O)O)c1[N+](=O)[O-]. The van der Waals surface area contributed by atoms with Gasteiger partial charge in [-0.2, -0.15) is 13.2 Å². The number of benzene rings is 1. The normalized spacial score (nSPS) is 11.2. The fraction of sp³-hybridized carbons (Fsp3) is 0.300. The molecule has 1 rings (SSSR count). The molecule has 6 nitrogen and oxygen atoms in total. The Kier molecular flexibility index (Phi) is 3.98. The first kappa shape index (κ1) is 14.7. The van der Waals surface area contributed by atoms with Crippen molar-refractivity contribution in [2.75, 3.05) is 18.5 Å². The summed E-state index contributed by atoms with van der Waals surface area (Å²) in [6.45, 7) is -1.42. The Balaban J connectivity index is 3.31. The number of alkyl halides is 3. The summed E-state index contributed by atoms with van der Waals surface area (Å²) in [5.41, 5.74) is -1.92. The van der Waals surface area contributed by atoms with Crippen LogP contribution in [-0.2, 0) is 0 Å². The molecule has 0 radical (unpaired) electrons. The number of anilines is 1. The van der Waals surface area contributed by atoms with Gasteiger partial charge in [-0.05, 0) is 12.1 Å². The Hall–Kier alpha value is -2.32. The lowest BCUT2D eigenvalue weighted by Crippen LogP contribution is -2.31. The first-order chi connectivity index (χ1) is 8.63. The van der Waals surface area contributed by atoms with Gasteiger partial charge < -0.3 is 10.0 Å². The third-order valence-electron chi connectivity index (χ3n) is 2.26. The Morgan fingerprint density at radius 2 is 2.05 bits per heavy atom. The molecule has 0 amide bonds. The average Bonchev–Trinajstić information content (AvgIpc) is 2.25. The number of carboxylic acids is 1. The monoisotopic (exact) mass is 278 g/mol. The van der Waals surface area contributed by atoms with E-state index in [2.05, 4.69) is 0 Å². The number of carboxylic acid groups (broad SMARTS) is 1. The maximum Gasteiger partial charge on any atom is 0.405 e. The highest BCUT2D eigenvalue weighted by molar-refractivity contribution is 5.95. The zero-order valence-corrected chi connectivity index (χ0v) is 9.64. The molecule has 0 fully saturated rings. The molecule has 0 saturated heterocycles. The summed E-state index contributed by atoms with van der Waals surface area (Å²) < 4.78 is 36.8. The van der Waals surface area contributed by atoms with Crippen molar-refractivity contribution in [3.05, 3.63) is 33.9 Å². The number of hydrogen-bond acceptors (Lipinski definition) is 4. The number of nitrogens with zero attached hydrogens (tertiary/aromatic N) is 2. The van der Waals surface area contributed by atoms with Crippen molar-refractivity contribution in [1.82, 2.24) is 0 Å². The van der Waals surface area contributed by atoms with Crippen molar-refractivity contribution in [3.63, 3.8) is 0 Å². The molecule has 0 atom stereocenters. The predicted octanol–water partition coefficient (Wildman–Crippen LogP) is 2.29. The molecular weight excluding hydrogens is 269 g/mol. The molecule has 1 aromatic carbocycles. The molecule has 0 aromatic heterocycles. The number of para-hydroxylation sites is 1.